The molecule has 1 atom stereocenters. The summed E-state index contributed by atoms with van der Waals surface area (Å²) in [6.07, 6.45) is 3.85. The number of hydrogen-bond donors (Lipinski definition) is 1. The topological polar surface area (TPSA) is 87.5 Å². The first-order chi connectivity index (χ1) is 16.8. The summed E-state index contributed by atoms with van der Waals surface area (Å²) in [6, 6.07) is 7.71. The number of para-hydroxylation sites is 1. The van der Waals surface area contributed by atoms with E-state index in [0.717, 1.165) is 48.2 Å². The Morgan fingerprint density at radius 3 is 2.57 bits per heavy atom. The molecule has 0 bridgehead atoms. The molecule has 1 fully saturated rings. The number of carbonyl (C=O) groups is 3. The van der Waals surface area contributed by atoms with Crippen LogP contribution in [0.1, 0.15) is 66.8 Å². The van der Waals surface area contributed by atoms with Gasteiger partial charge in [0.25, 0.3) is 5.91 Å². The van der Waals surface area contributed by atoms with E-state index in [4.69, 9.17) is 0 Å². The van der Waals surface area contributed by atoms with E-state index in [9.17, 15) is 14.4 Å². The highest BCUT2D eigenvalue weighted by molar-refractivity contribution is 5.96. The van der Waals surface area contributed by atoms with Crippen LogP contribution in [0.2, 0.25) is 0 Å². The highest BCUT2D eigenvalue weighted by atomic mass is 16.2. The molecule has 0 saturated carbocycles. The van der Waals surface area contributed by atoms with Crippen LogP contribution in [0.5, 0.6) is 0 Å². The molecule has 3 heterocycles. The normalized spacial score (nSPS) is 17.9. The standard InChI is InChI=1S/C27H37N5O3/c1-5-19(6-2)26(34)32-15-13-23-21(17-32)24(29-30(23)4)27(35)31-14-9-11-20(16-31)25(33)28-22-12-8-7-10-18(22)3/h7-8,10,12,19-20H,5-6,9,11,13-17H2,1-4H3,(H,28,33). The molecule has 0 radical (unpaired) electrons. The van der Waals surface area contributed by atoms with Crippen molar-refractivity contribution in [2.24, 2.45) is 18.9 Å². The predicted molar refractivity (Wildman–Crippen MR) is 135 cm³/mol. The lowest BCUT2D eigenvalue weighted by molar-refractivity contribution is -0.136. The van der Waals surface area contributed by atoms with Gasteiger partial charge in [0, 0.05) is 62.5 Å². The third kappa shape index (κ3) is 5.11. The third-order valence-corrected chi connectivity index (χ3v) is 7.57. The summed E-state index contributed by atoms with van der Waals surface area (Å²) in [6.45, 7) is 8.11. The number of rotatable bonds is 6. The van der Waals surface area contributed by atoms with E-state index in [1.807, 2.05) is 57.0 Å². The van der Waals surface area contributed by atoms with Crippen molar-refractivity contribution < 1.29 is 14.4 Å². The molecular formula is C27H37N5O3. The summed E-state index contributed by atoms with van der Waals surface area (Å²) in [4.78, 5) is 43.2. The number of nitrogens with zero attached hydrogens (tertiary/aromatic N) is 4. The van der Waals surface area contributed by atoms with Crippen molar-refractivity contribution in [3.63, 3.8) is 0 Å². The predicted octanol–water partition coefficient (Wildman–Crippen LogP) is 3.54. The number of benzene rings is 1. The molecule has 1 N–H and O–H groups in total. The first-order valence-corrected chi connectivity index (χ1v) is 12.8. The fourth-order valence-electron chi connectivity index (χ4n) is 5.32. The van der Waals surface area contributed by atoms with Gasteiger partial charge in [-0.3, -0.25) is 19.1 Å². The van der Waals surface area contributed by atoms with E-state index in [1.54, 1.807) is 9.58 Å². The van der Waals surface area contributed by atoms with Gasteiger partial charge in [-0.05, 0) is 44.2 Å². The van der Waals surface area contributed by atoms with E-state index in [1.165, 1.54) is 0 Å². The number of hydrogen-bond acceptors (Lipinski definition) is 4. The summed E-state index contributed by atoms with van der Waals surface area (Å²) >= 11 is 0. The largest absolute Gasteiger partial charge is 0.338 e. The summed E-state index contributed by atoms with van der Waals surface area (Å²) < 4.78 is 1.79. The van der Waals surface area contributed by atoms with Crippen LogP contribution in [0.25, 0.3) is 0 Å². The lowest BCUT2D eigenvalue weighted by atomic mass is 9.95. The number of aryl methyl sites for hydroxylation is 2. The van der Waals surface area contributed by atoms with Crippen molar-refractivity contribution >= 4 is 23.4 Å². The Hall–Kier alpha value is -3.16. The van der Waals surface area contributed by atoms with Gasteiger partial charge < -0.3 is 15.1 Å². The van der Waals surface area contributed by atoms with Gasteiger partial charge in [-0.15, -0.1) is 0 Å². The number of amides is 3. The van der Waals surface area contributed by atoms with E-state index in [2.05, 4.69) is 10.4 Å². The van der Waals surface area contributed by atoms with Gasteiger partial charge in [-0.1, -0.05) is 32.0 Å². The molecule has 8 nitrogen and oxygen atoms in total. The number of nitrogens with one attached hydrogen (secondary N) is 1. The van der Waals surface area contributed by atoms with Crippen LogP contribution in [-0.2, 0) is 29.6 Å². The van der Waals surface area contributed by atoms with Crippen molar-refractivity contribution in [2.45, 2.75) is 59.4 Å². The number of piperidine rings is 1. The quantitative estimate of drug-likeness (QED) is 0.687. The number of fused-ring (bicyclic) bond motifs is 1. The molecule has 35 heavy (non-hydrogen) atoms. The second kappa shape index (κ2) is 10.6. The molecule has 4 rings (SSSR count). The highest BCUT2D eigenvalue weighted by Crippen LogP contribution is 2.27. The summed E-state index contributed by atoms with van der Waals surface area (Å²) in [5.41, 5.74) is 4.12. The Morgan fingerprint density at radius 1 is 1.11 bits per heavy atom. The Bertz CT molecular complexity index is 1100. The lowest BCUT2D eigenvalue weighted by Gasteiger charge is -2.33. The molecular weight excluding hydrogens is 442 g/mol. The Labute approximate surface area is 207 Å². The van der Waals surface area contributed by atoms with Crippen LogP contribution < -0.4 is 5.32 Å². The molecule has 0 spiro atoms. The second-order valence-electron chi connectivity index (χ2n) is 9.82. The summed E-state index contributed by atoms with van der Waals surface area (Å²) in [7, 11) is 1.86. The maximum absolute atomic E-state index is 13.6. The second-order valence-corrected chi connectivity index (χ2v) is 9.82. The van der Waals surface area contributed by atoms with E-state index in [0.29, 0.717) is 38.3 Å². The lowest BCUT2D eigenvalue weighted by Crippen LogP contribution is -2.44. The maximum Gasteiger partial charge on any atom is 0.274 e. The Balaban J connectivity index is 1.48. The SMILES string of the molecule is CCC(CC)C(=O)N1CCc2c(c(C(=O)N3CCCC(C(=O)Nc4ccccc4C)C3)nn2C)C1. The van der Waals surface area contributed by atoms with E-state index in [-0.39, 0.29) is 29.6 Å². The molecule has 1 saturated heterocycles. The molecule has 2 aromatic rings. The van der Waals surface area contributed by atoms with Gasteiger partial charge >= 0.3 is 0 Å². The minimum absolute atomic E-state index is 0.0157. The van der Waals surface area contributed by atoms with E-state index < -0.39 is 0 Å². The van der Waals surface area contributed by atoms with E-state index >= 15 is 0 Å². The van der Waals surface area contributed by atoms with Crippen molar-refractivity contribution in [1.29, 1.82) is 0 Å². The maximum atomic E-state index is 13.6. The van der Waals surface area contributed by atoms with Crippen LogP contribution in [0, 0.1) is 18.8 Å². The Kier molecular flexibility index (Phi) is 7.57. The number of aromatic nitrogens is 2. The van der Waals surface area contributed by atoms with Crippen LogP contribution in [0.15, 0.2) is 24.3 Å². The first kappa shape index (κ1) is 24.9. The van der Waals surface area contributed by atoms with Gasteiger partial charge in [0.1, 0.15) is 0 Å². The smallest absolute Gasteiger partial charge is 0.274 e. The molecule has 1 aromatic heterocycles. The van der Waals surface area contributed by atoms with Crippen LogP contribution >= 0.6 is 0 Å². The zero-order valence-corrected chi connectivity index (χ0v) is 21.3. The molecule has 2 aliphatic rings. The van der Waals surface area contributed by atoms with Gasteiger partial charge in [0.15, 0.2) is 5.69 Å². The van der Waals surface area contributed by atoms with Crippen LogP contribution in [0.3, 0.4) is 0 Å². The van der Waals surface area contributed by atoms with Crippen molar-refractivity contribution in [3.8, 4) is 0 Å². The fourth-order valence-corrected chi connectivity index (χ4v) is 5.32. The highest BCUT2D eigenvalue weighted by Gasteiger charge is 2.35. The zero-order chi connectivity index (χ0) is 25.1. The molecule has 2 aliphatic heterocycles. The van der Waals surface area contributed by atoms with Gasteiger partial charge in [0.05, 0.1) is 5.92 Å². The average Bonchev–Trinajstić information content (AvgIpc) is 3.21. The van der Waals surface area contributed by atoms with Crippen molar-refractivity contribution in [1.82, 2.24) is 19.6 Å². The molecule has 1 unspecified atom stereocenters. The minimum atomic E-state index is -0.264. The summed E-state index contributed by atoms with van der Waals surface area (Å²) in [5, 5.41) is 7.61. The van der Waals surface area contributed by atoms with Gasteiger partial charge in [-0.25, -0.2) is 0 Å². The van der Waals surface area contributed by atoms with Crippen LogP contribution in [0.4, 0.5) is 5.69 Å². The number of likely N-dealkylation sites (tertiary alicyclic amines) is 1. The third-order valence-electron chi connectivity index (χ3n) is 7.57. The fraction of sp³-hybridized carbons (Fsp3) is 0.556. The molecule has 3 amide bonds. The number of carbonyl (C=O) groups excluding carboxylic acids is 3. The molecule has 1 aromatic carbocycles. The zero-order valence-electron chi connectivity index (χ0n) is 21.3. The van der Waals surface area contributed by atoms with Crippen molar-refractivity contribution in [2.75, 3.05) is 25.0 Å². The first-order valence-electron chi connectivity index (χ1n) is 12.8. The molecule has 0 aliphatic carbocycles. The molecule has 8 heteroatoms. The average molecular weight is 480 g/mol. The van der Waals surface area contributed by atoms with Crippen molar-refractivity contribution in [3.05, 3.63) is 46.8 Å². The van der Waals surface area contributed by atoms with Gasteiger partial charge in [-0.2, -0.15) is 5.10 Å². The van der Waals surface area contributed by atoms with Crippen LogP contribution in [-0.4, -0.2) is 56.9 Å². The summed E-state index contributed by atoms with van der Waals surface area (Å²) in [5.74, 6) is -0.288. The molecule has 188 valence electrons. The monoisotopic (exact) mass is 479 g/mol. The Morgan fingerprint density at radius 2 is 1.86 bits per heavy atom. The number of anilines is 1. The van der Waals surface area contributed by atoms with Gasteiger partial charge in [0.2, 0.25) is 11.8 Å². The minimum Gasteiger partial charge on any atom is -0.338 e.